The van der Waals surface area contributed by atoms with E-state index in [1.807, 2.05) is 0 Å². The SMILES string of the molecule is c1ccc(-n2c3ccccc3c3cc(-c4ccc5c6ccccc6n(-n6c7ccccc7c7ccccc76)c5c4)ccc32)cc1. The molecule has 0 saturated carbocycles. The predicted octanol–water partition coefficient (Wildman–Crippen LogP) is 11.0. The predicted molar refractivity (Wildman–Crippen MR) is 189 cm³/mol. The summed E-state index contributed by atoms with van der Waals surface area (Å²) in [5.41, 5.74) is 10.8. The van der Waals surface area contributed by atoms with Crippen molar-refractivity contribution in [3.05, 3.63) is 164 Å². The molecule has 0 bridgehead atoms. The summed E-state index contributed by atoms with van der Waals surface area (Å²) in [5, 5.41) is 7.54. The van der Waals surface area contributed by atoms with Crippen LogP contribution in [0.15, 0.2) is 164 Å². The smallest absolute Gasteiger partial charge is 0.0722 e. The lowest BCUT2D eigenvalue weighted by atomic mass is 10.0. The van der Waals surface area contributed by atoms with E-state index in [0.717, 1.165) is 0 Å². The Labute approximate surface area is 259 Å². The van der Waals surface area contributed by atoms with Gasteiger partial charge >= 0.3 is 0 Å². The number of benzene rings is 7. The molecule has 3 aromatic heterocycles. The summed E-state index contributed by atoms with van der Waals surface area (Å²) in [6.07, 6.45) is 0. The lowest BCUT2D eigenvalue weighted by Crippen LogP contribution is -2.08. The molecule has 210 valence electrons. The number of nitrogens with zero attached hydrogens (tertiary/aromatic N) is 3. The van der Waals surface area contributed by atoms with Crippen molar-refractivity contribution in [3.63, 3.8) is 0 Å². The first-order valence-corrected chi connectivity index (χ1v) is 15.5. The van der Waals surface area contributed by atoms with Crippen LogP contribution < -0.4 is 0 Å². The van der Waals surface area contributed by atoms with Crippen molar-refractivity contribution in [2.45, 2.75) is 0 Å². The van der Waals surface area contributed by atoms with Crippen LogP contribution in [-0.4, -0.2) is 13.9 Å². The highest BCUT2D eigenvalue weighted by atomic mass is 15.5. The Morgan fingerprint density at radius 3 is 1.31 bits per heavy atom. The van der Waals surface area contributed by atoms with Crippen molar-refractivity contribution in [1.82, 2.24) is 13.9 Å². The van der Waals surface area contributed by atoms with Crippen LogP contribution in [0.5, 0.6) is 0 Å². The molecule has 0 unspecified atom stereocenters. The number of hydrogen-bond donors (Lipinski definition) is 0. The molecule has 3 nitrogen and oxygen atoms in total. The molecule has 0 atom stereocenters. The van der Waals surface area contributed by atoms with Crippen LogP contribution in [0.2, 0.25) is 0 Å². The molecule has 0 spiro atoms. The zero-order valence-corrected chi connectivity index (χ0v) is 24.4. The first kappa shape index (κ1) is 24.4. The standard InChI is InChI=1S/C42H27N3/c1-2-12-30(13-3-1)43-37-18-8-4-17-34(37)36-26-28(23-25-38(36)43)29-22-24-35-33-16-7-11-21-41(33)45(42(35)27-29)44-39-19-9-5-14-31(39)32-15-6-10-20-40(32)44/h1-27H. The van der Waals surface area contributed by atoms with Crippen LogP contribution in [-0.2, 0) is 0 Å². The highest BCUT2D eigenvalue weighted by Gasteiger charge is 2.19. The summed E-state index contributed by atoms with van der Waals surface area (Å²) in [5.74, 6) is 0. The summed E-state index contributed by atoms with van der Waals surface area (Å²) >= 11 is 0. The molecule has 7 aromatic carbocycles. The summed E-state index contributed by atoms with van der Waals surface area (Å²) in [6.45, 7) is 0. The maximum atomic E-state index is 2.42. The fourth-order valence-electron chi connectivity index (χ4n) is 7.47. The summed E-state index contributed by atoms with van der Waals surface area (Å²) in [4.78, 5) is 0. The molecule has 3 heteroatoms. The summed E-state index contributed by atoms with van der Waals surface area (Å²) < 4.78 is 7.19. The molecule has 10 rings (SSSR count). The molecular weight excluding hydrogens is 546 g/mol. The summed E-state index contributed by atoms with van der Waals surface area (Å²) in [7, 11) is 0. The fourth-order valence-corrected chi connectivity index (χ4v) is 7.47. The molecule has 0 amide bonds. The number of aromatic nitrogens is 3. The van der Waals surface area contributed by atoms with Gasteiger partial charge in [0, 0.05) is 38.0 Å². The van der Waals surface area contributed by atoms with Gasteiger partial charge in [0.1, 0.15) is 0 Å². The van der Waals surface area contributed by atoms with Gasteiger partial charge in [-0.25, -0.2) is 9.35 Å². The van der Waals surface area contributed by atoms with E-state index in [-0.39, 0.29) is 0 Å². The average Bonchev–Trinajstić information content (AvgIpc) is 3.73. The molecule has 0 N–H and O–H groups in total. The van der Waals surface area contributed by atoms with Crippen LogP contribution in [0.1, 0.15) is 0 Å². The zero-order valence-electron chi connectivity index (χ0n) is 24.4. The Balaban J connectivity index is 1.26. The Hall–Kier alpha value is -6.06. The van der Waals surface area contributed by atoms with E-state index in [0.29, 0.717) is 0 Å². The van der Waals surface area contributed by atoms with Crippen molar-refractivity contribution >= 4 is 65.4 Å². The fraction of sp³-hybridized carbons (Fsp3) is 0. The molecule has 0 aliphatic rings. The van der Waals surface area contributed by atoms with Crippen molar-refractivity contribution in [3.8, 4) is 16.8 Å². The minimum absolute atomic E-state index is 1.17. The van der Waals surface area contributed by atoms with Gasteiger partial charge in [-0.1, -0.05) is 109 Å². The van der Waals surface area contributed by atoms with Crippen molar-refractivity contribution in [2.75, 3.05) is 0 Å². The van der Waals surface area contributed by atoms with Gasteiger partial charge in [0.2, 0.25) is 0 Å². The van der Waals surface area contributed by atoms with E-state index >= 15 is 0 Å². The van der Waals surface area contributed by atoms with Gasteiger partial charge in [0.15, 0.2) is 0 Å². The second-order valence-corrected chi connectivity index (χ2v) is 11.8. The van der Waals surface area contributed by atoms with Crippen LogP contribution in [0, 0.1) is 0 Å². The second kappa shape index (κ2) is 9.22. The van der Waals surface area contributed by atoms with E-state index < -0.39 is 0 Å². The molecule has 10 aromatic rings. The highest BCUT2D eigenvalue weighted by molar-refractivity contribution is 6.13. The van der Waals surface area contributed by atoms with Gasteiger partial charge in [0.05, 0.1) is 33.1 Å². The van der Waals surface area contributed by atoms with Gasteiger partial charge < -0.3 is 4.57 Å². The van der Waals surface area contributed by atoms with Crippen LogP contribution in [0.4, 0.5) is 0 Å². The molecule has 0 aliphatic heterocycles. The molecule has 45 heavy (non-hydrogen) atoms. The van der Waals surface area contributed by atoms with Crippen molar-refractivity contribution in [1.29, 1.82) is 0 Å². The molecule has 0 saturated heterocycles. The number of rotatable bonds is 3. The Morgan fingerprint density at radius 1 is 0.267 bits per heavy atom. The van der Waals surface area contributed by atoms with E-state index in [1.54, 1.807) is 0 Å². The lowest BCUT2D eigenvalue weighted by Gasteiger charge is -2.14. The van der Waals surface area contributed by atoms with Gasteiger partial charge in [0.25, 0.3) is 0 Å². The van der Waals surface area contributed by atoms with E-state index in [2.05, 4.69) is 178 Å². The van der Waals surface area contributed by atoms with Crippen LogP contribution in [0.3, 0.4) is 0 Å². The minimum atomic E-state index is 1.17. The normalized spacial score (nSPS) is 12.0. The zero-order chi connectivity index (χ0) is 29.5. The third-order valence-corrected chi connectivity index (χ3v) is 9.42. The first-order chi connectivity index (χ1) is 22.3. The van der Waals surface area contributed by atoms with E-state index in [4.69, 9.17) is 0 Å². The van der Waals surface area contributed by atoms with Gasteiger partial charge in [-0.05, 0) is 65.7 Å². The highest BCUT2D eigenvalue weighted by Crippen LogP contribution is 2.39. The third-order valence-electron chi connectivity index (χ3n) is 9.42. The topological polar surface area (TPSA) is 14.8 Å². The molecule has 3 heterocycles. The molecule has 0 aliphatic carbocycles. The van der Waals surface area contributed by atoms with Crippen molar-refractivity contribution < 1.29 is 0 Å². The van der Waals surface area contributed by atoms with Gasteiger partial charge in [-0.15, -0.1) is 0 Å². The molecule has 0 fully saturated rings. The largest absolute Gasteiger partial charge is 0.309 e. The number of fused-ring (bicyclic) bond motifs is 9. The van der Waals surface area contributed by atoms with Crippen molar-refractivity contribution in [2.24, 2.45) is 0 Å². The first-order valence-electron chi connectivity index (χ1n) is 15.5. The maximum absolute atomic E-state index is 2.42. The van der Waals surface area contributed by atoms with E-state index in [9.17, 15) is 0 Å². The monoisotopic (exact) mass is 573 g/mol. The Kier molecular flexibility index (Phi) is 5.00. The average molecular weight is 574 g/mol. The molecule has 0 radical (unpaired) electrons. The quantitative estimate of drug-likeness (QED) is 0.200. The van der Waals surface area contributed by atoms with Gasteiger partial charge in [-0.2, -0.15) is 0 Å². The van der Waals surface area contributed by atoms with Gasteiger partial charge in [-0.3, -0.25) is 0 Å². The maximum Gasteiger partial charge on any atom is 0.0722 e. The minimum Gasteiger partial charge on any atom is -0.309 e. The second-order valence-electron chi connectivity index (χ2n) is 11.8. The number of para-hydroxylation sites is 5. The van der Waals surface area contributed by atoms with E-state index in [1.165, 1.54) is 82.2 Å². The Morgan fingerprint density at radius 2 is 0.689 bits per heavy atom. The summed E-state index contributed by atoms with van der Waals surface area (Å²) in [6, 6.07) is 59.5. The molecular formula is C42H27N3. The third kappa shape index (κ3) is 3.41. The number of hydrogen-bond acceptors (Lipinski definition) is 0. The Bertz CT molecular complexity index is 2700. The van der Waals surface area contributed by atoms with Crippen LogP contribution in [0.25, 0.3) is 82.2 Å². The van der Waals surface area contributed by atoms with Crippen LogP contribution >= 0.6 is 0 Å². The lowest BCUT2D eigenvalue weighted by molar-refractivity contribution is 0.775.